The lowest BCUT2D eigenvalue weighted by molar-refractivity contribution is 0.232. The van der Waals surface area contributed by atoms with Gasteiger partial charge in [-0.15, -0.1) is 0 Å². The number of benzene rings is 1. The standard InChI is InChI=1S/C14H22F2N2/c1-10(2)12(7-17)9-18(3)8-11-6-13(15)4-5-14(11)16/h4-6,10,12H,7-9,17H2,1-3H3. The van der Waals surface area contributed by atoms with Crippen molar-refractivity contribution in [3.05, 3.63) is 35.4 Å². The molecule has 0 spiro atoms. The fourth-order valence-electron chi connectivity index (χ4n) is 1.98. The first-order chi connectivity index (χ1) is 8.43. The van der Waals surface area contributed by atoms with Gasteiger partial charge in [0.1, 0.15) is 11.6 Å². The molecule has 102 valence electrons. The van der Waals surface area contributed by atoms with Crippen LogP contribution in [0.4, 0.5) is 8.78 Å². The van der Waals surface area contributed by atoms with Crippen LogP contribution in [-0.2, 0) is 6.54 Å². The van der Waals surface area contributed by atoms with E-state index in [0.29, 0.717) is 30.5 Å². The molecule has 0 saturated heterocycles. The molecule has 0 heterocycles. The molecular weight excluding hydrogens is 234 g/mol. The summed E-state index contributed by atoms with van der Waals surface area (Å²) in [6, 6.07) is 3.55. The Labute approximate surface area is 108 Å². The molecule has 0 saturated carbocycles. The SMILES string of the molecule is CC(C)C(CN)CN(C)Cc1cc(F)ccc1F. The smallest absolute Gasteiger partial charge is 0.127 e. The molecule has 18 heavy (non-hydrogen) atoms. The first-order valence-corrected chi connectivity index (χ1v) is 6.26. The number of hydrogen-bond donors (Lipinski definition) is 1. The first-order valence-electron chi connectivity index (χ1n) is 6.26. The van der Waals surface area contributed by atoms with Gasteiger partial charge in [0.2, 0.25) is 0 Å². The zero-order valence-electron chi connectivity index (χ0n) is 11.3. The van der Waals surface area contributed by atoms with Gasteiger partial charge < -0.3 is 10.6 Å². The fraction of sp³-hybridized carbons (Fsp3) is 0.571. The van der Waals surface area contributed by atoms with Crippen LogP contribution < -0.4 is 5.73 Å². The van der Waals surface area contributed by atoms with E-state index in [2.05, 4.69) is 13.8 Å². The van der Waals surface area contributed by atoms with Crippen molar-refractivity contribution >= 4 is 0 Å². The summed E-state index contributed by atoms with van der Waals surface area (Å²) < 4.78 is 26.5. The van der Waals surface area contributed by atoms with Crippen LogP contribution in [0.25, 0.3) is 0 Å². The molecule has 0 aliphatic heterocycles. The Morgan fingerprint density at radius 1 is 1.28 bits per heavy atom. The molecular formula is C14H22F2N2. The van der Waals surface area contributed by atoms with Crippen LogP contribution in [0.2, 0.25) is 0 Å². The first kappa shape index (κ1) is 15.1. The molecule has 1 aromatic rings. The summed E-state index contributed by atoms with van der Waals surface area (Å²) in [5.41, 5.74) is 6.09. The van der Waals surface area contributed by atoms with Crippen LogP contribution in [0.1, 0.15) is 19.4 Å². The Balaban J connectivity index is 2.63. The summed E-state index contributed by atoms with van der Waals surface area (Å²) in [5, 5.41) is 0. The summed E-state index contributed by atoms with van der Waals surface area (Å²) in [7, 11) is 1.90. The number of hydrogen-bond acceptors (Lipinski definition) is 2. The van der Waals surface area contributed by atoms with Gasteiger partial charge in [0.25, 0.3) is 0 Å². The average molecular weight is 256 g/mol. The third kappa shape index (κ3) is 4.35. The van der Waals surface area contributed by atoms with Crippen LogP contribution in [0.5, 0.6) is 0 Å². The van der Waals surface area contributed by atoms with E-state index in [4.69, 9.17) is 5.73 Å². The zero-order valence-corrected chi connectivity index (χ0v) is 11.3. The molecule has 1 unspecified atom stereocenters. The maximum Gasteiger partial charge on any atom is 0.127 e. The van der Waals surface area contributed by atoms with E-state index in [0.717, 1.165) is 12.6 Å². The number of nitrogens with two attached hydrogens (primary N) is 1. The number of nitrogens with zero attached hydrogens (tertiary/aromatic N) is 1. The lowest BCUT2D eigenvalue weighted by atomic mass is 9.95. The van der Waals surface area contributed by atoms with E-state index < -0.39 is 5.82 Å². The summed E-state index contributed by atoms with van der Waals surface area (Å²) in [6.45, 7) is 6.02. The second-order valence-electron chi connectivity index (χ2n) is 5.17. The largest absolute Gasteiger partial charge is 0.330 e. The molecule has 1 rings (SSSR count). The maximum atomic E-state index is 13.5. The van der Waals surface area contributed by atoms with Crippen LogP contribution in [0, 0.1) is 23.5 Å². The minimum atomic E-state index is -0.404. The van der Waals surface area contributed by atoms with Crippen molar-refractivity contribution in [2.24, 2.45) is 17.6 Å². The van der Waals surface area contributed by atoms with Gasteiger partial charge in [-0.3, -0.25) is 0 Å². The van der Waals surface area contributed by atoms with E-state index in [9.17, 15) is 8.78 Å². The Kier molecular flexibility index (Phi) is 5.69. The van der Waals surface area contributed by atoms with Crippen LogP contribution >= 0.6 is 0 Å². The number of rotatable bonds is 6. The highest BCUT2D eigenvalue weighted by Crippen LogP contribution is 2.15. The van der Waals surface area contributed by atoms with Gasteiger partial charge in [0.05, 0.1) is 0 Å². The summed E-state index contributed by atoms with van der Waals surface area (Å²) in [4.78, 5) is 1.98. The zero-order chi connectivity index (χ0) is 13.7. The van der Waals surface area contributed by atoms with Crippen molar-refractivity contribution in [3.63, 3.8) is 0 Å². The van der Waals surface area contributed by atoms with Crippen molar-refractivity contribution in [3.8, 4) is 0 Å². The Morgan fingerprint density at radius 3 is 2.50 bits per heavy atom. The van der Waals surface area contributed by atoms with Gasteiger partial charge in [-0.2, -0.15) is 0 Å². The number of halogens is 2. The monoisotopic (exact) mass is 256 g/mol. The molecule has 1 atom stereocenters. The fourth-order valence-corrected chi connectivity index (χ4v) is 1.98. The second kappa shape index (κ2) is 6.81. The van der Waals surface area contributed by atoms with Gasteiger partial charge in [0.15, 0.2) is 0 Å². The molecule has 0 fully saturated rings. The molecule has 0 radical (unpaired) electrons. The van der Waals surface area contributed by atoms with Crippen LogP contribution in [-0.4, -0.2) is 25.0 Å². The normalized spacial score (nSPS) is 13.3. The molecule has 4 heteroatoms. The molecule has 0 aliphatic rings. The average Bonchev–Trinajstić information content (AvgIpc) is 2.30. The van der Waals surface area contributed by atoms with E-state index in [1.807, 2.05) is 11.9 Å². The molecule has 0 aromatic heterocycles. The van der Waals surface area contributed by atoms with Crippen molar-refractivity contribution < 1.29 is 8.78 Å². The van der Waals surface area contributed by atoms with Gasteiger partial charge in [-0.05, 0) is 43.6 Å². The van der Waals surface area contributed by atoms with Crippen molar-refractivity contribution in [1.82, 2.24) is 4.90 Å². The molecule has 0 amide bonds. The van der Waals surface area contributed by atoms with E-state index in [1.165, 1.54) is 12.1 Å². The molecule has 0 aliphatic carbocycles. The predicted molar refractivity (Wildman–Crippen MR) is 70.1 cm³/mol. The van der Waals surface area contributed by atoms with Gasteiger partial charge in [0, 0.05) is 18.7 Å². The second-order valence-corrected chi connectivity index (χ2v) is 5.17. The van der Waals surface area contributed by atoms with Crippen LogP contribution in [0.3, 0.4) is 0 Å². The third-order valence-electron chi connectivity index (χ3n) is 3.24. The van der Waals surface area contributed by atoms with Gasteiger partial charge >= 0.3 is 0 Å². The summed E-state index contributed by atoms with van der Waals surface area (Å²) in [5.74, 6) is 0.0811. The van der Waals surface area contributed by atoms with Crippen molar-refractivity contribution in [2.45, 2.75) is 20.4 Å². The Bertz CT molecular complexity index is 380. The maximum absolute atomic E-state index is 13.5. The lowest BCUT2D eigenvalue weighted by Crippen LogP contribution is -2.33. The van der Waals surface area contributed by atoms with E-state index in [-0.39, 0.29) is 5.82 Å². The van der Waals surface area contributed by atoms with E-state index >= 15 is 0 Å². The molecule has 1 aromatic carbocycles. The highest BCUT2D eigenvalue weighted by molar-refractivity contribution is 5.18. The highest BCUT2D eigenvalue weighted by Gasteiger charge is 2.15. The summed E-state index contributed by atoms with van der Waals surface area (Å²) >= 11 is 0. The predicted octanol–water partition coefficient (Wildman–Crippen LogP) is 2.63. The molecule has 2 N–H and O–H groups in total. The topological polar surface area (TPSA) is 29.3 Å². The Hall–Kier alpha value is -1.00. The lowest BCUT2D eigenvalue weighted by Gasteiger charge is -2.25. The van der Waals surface area contributed by atoms with Crippen molar-refractivity contribution in [2.75, 3.05) is 20.1 Å². The van der Waals surface area contributed by atoms with Crippen molar-refractivity contribution in [1.29, 1.82) is 0 Å². The molecule has 2 nitrogen and oxygen atoms in total. The molecule has 0 bridgehead atoms. The van der Waals surface area contributed by atoms with Gasteiger partial charge in [-0.25, -0.2) is 8.78 Å². The third-order valence-corrected chi connectivity index (χ3v) is 3.24. The minimum absolute atomic E-state index is 0.364. The summed E-state index contributed by atoms with van der Waals surface area (Å²) in [6.07, 6.45) is 0. The van der Waals surface area contributed by atoms with Crippen LogP contribution in [0.15, 0.2) is 18.2 Å². The quantitative estimate of drug-likeness (QED) is 0.847. The van der Waals surface area contributed by atoms with E-state index in [1.54, 1.807) is 0 Å². The van der Waals surface area contributed by atoms with Gasteiger partial charge in [-0.1, -0.05) is 13.8 Å². The highest BCUT2D eigenvalue weighted by atomic mass is 19.1. The minimum Gasteiger partial charge on any atom is -0.330 e. The Morgan fingerprint density at radius 2 is 1.94 bits per heavy atom.